The first-order chi connectivity index (χ1) is 11.5. The van der Waals surface area contributed by atoms with E-state index in [1.54, 1.807) is 0 Å². The van der Waals surface area contributed by atoms with E-state index in [0.29, 0.717) is 23.3 Å². The number of nitrogens with zero attached hydrogens (tertiary/aromatic N) is 4. The number of thioether (sulfide) groups is 1. The molecule has 1 aliphatic rings. The molecule has 1 aromatic carbocycles. The highest BCUT2D eigenvalue weighted by atomic mass is 35.5. The van der Waals surface area contributed by atoms with E-state index in [1.807, 2.05) is 54.6 Å². The molecule has 1 amide bonds. The normalized spacial score (nSPS) is 19.5. The lowest BCUT2D eigenvalue weighted by Crippen LogP contribution is -2.46. The van der Waals surface area contributed by atoms with Gasteiger partial charge in [0, 0.05) is 18.1 Å². The standard InChI is InChI=1S/C16H20ClN5OS/c1-4-21(5-2)15(23)14-13(11-6-8-12(17)9-7-11)20-22-10(3)18-19-16(22)24-14/h6-9,13-14,20H,4-5H2,1-3H3. The summed E-state index contributed by atoms with van der Waals surface area (Å²) in [6, 6.07) is 7.41. The molecule has 0 radical (unpaired) electrons. The number of hydrogen-bond acceptors (Lipinski definition) is 5. The van der Waals surface area contributed by atoms with Crippen LogP contribution in [0.1, 0.15) is 31.3 Å². The van der Waals surface area contributed by atoms with Crippen molar-refractivity contribution < 1.29 is 4.79 Å². The molecule has 2 atom stereocenters. The number of rotatable bonds is 4. The van der Waals surface area contributed by atoms with Crippen molar-refractivity contribution in [2.24, 2.45) is 0 Å². The Kier molecular flexibility index (Phi) is 5.01. The van der Waals surface area contributed by atoms with Crippen LogP contribution in [0.3, 0.4) is 0 Å². The molecule has 8 heteroatoms. The van der Waals surface area contributed by atoms with Gasteiger partial charge in [-0.15, -0.1) is 10.2 Å². The molecule has 0 fully saturated rings. The van der Waals surface area contributed by atoms with Gasteiger partial charge in [0.25, 0.3) is 0 Å². The summed E-state index contributed by atoms with van der Waals surface area (Å²) in [4.78, 5) is 14.9. The fourth-order valence-electron chi connectivity index (χ4n) is 2.78. The molecule has 0 saturated carbocycles. The van der Waals surface area contributed by atoms with E-state index in [0.717, 1.165) is 11.4 Å². The highest BCUT2D eigenvalue weighted by Gasteiger charge is 2.38. The van der Waals surface area contributed by atoms with Crippen molar-refractivity contribution in [2.45, 2.75) is 37.2 Å². The molecular formula is C16H20ClN5OS. The Morgan fingerprint density at radius 1 is 1.29 bits per heavy atom. The van der Waals surface area contributed by atoms with Gasteiger partial charge < -0.3 is 10.3 Å². The maximum Gasteiger partial charge on any atom is 0.238 e. The minimum Gasteiger partial charge on any atom is -0.342 e. The molecule has 1 N–H and O–H groups in total. The van der Waals surface area contributed by atoms with Crippen LogP contribution in [0.15, 0.2) is 29.4 Å². The molecule has 0 saturated heterocycles. The Bertz CT molecular complexity index is 729. The van der Waals surface area contributed by atoms with Gasteiger partial charge in [0.1, 0.15) is 11.1 Å². The number of amides is 1. The molecule has 0 bridgehead atoms. The quantitative estimate of drug-likeness (QED) is 0.902. The Balaban J connectivity index is 1.99. The van der Waals surface area contributed by atoms with E-state index in [-0.39, 0.29) is 17.2 Å². The van der Waals surface area contributed by atoms with Crippen LogP contribution >= 0.6 is 23.4 Å². The van der Waals surface area contributed by atoms with Gasteiger partial charge >= 0.3 is 0 Å². The van der Waals surface area contributed by atoms with Crippen molar-refractivity contribution in [1.29, 1.82) is 0 Å². The van der Waals surface area contributed by atoms with Crippen molar-refractivity contribution in [3.05, 3.63) is 40.7 Å². The first kappa shape index (κ1) is 17.1. The van der Waals surface area contributed by atoms with E-state index in [2.05, 4.69) is 15.6 Å². The summed E-state index contributed by atoms with van der Waals surface area (Å²) in [6.45, 7) is 7.24. The summed E-state index contributed by atoms with van der Waals surface area (Å²) in [7, 11) is 0. The summed E-state index contributed by atoms with van der Waals surface area (Å²) >= 11 is 7.46. The van der Waals surface area contributed by atoms with E-state index < -0.39 is 0 Å². The molecule has 2 unspecified atom stereocenters. The molecular weight excluding hydrogens is 346 g/mol. The van der Waals surface area contributed by atoms with Gasteiger partial charge in [-0.3, -0.25) is 4.79 Å². The summed E-state index contributed by atoms with van der Waals surface area (Å²) < 4.78 is 1.84. The zero-order valence-corrected chi connectivity index (χ0v) is 15.4. The third-order valence-electron chi connectivity index (χ3n) is 4.15. The maximum atomic E-state index is 13.0. The third kappa shape index (κ3) is 3.10. The van der Waals surface area contributed by atoms with Crippen LogP contribution in [0.4, 0.5) is 0 Å². The van der Waals surface area contributed by atoms with Crippen LogP contribution in [0, 0.1) is 6.92 Å². The SMILES string of the molecule is CCN(CC)C(=O)C1Sc2nnc(C)n2NC1c1ccc(Cl)cc1. The van der Waals surface area contributed by atoms with Gasteiger partial charge in [0.2, 0.25) is 11.1 Å². The molecule has 24 heavy (non-hydrogen) atoms. The number of benzene rings is 1. The average Bonchev–Trinajstić information content (AvgIpc) is 2.96. The lowest BCUT2D eigenvalue weighted by atomic mass is 10.0. The van der Waals surface area contributed by atoms with Crippen molar-refractivity contribution in [2.75, 3.05) is 18.5 Å². The highest BCUT2D eigenvalue weighted by molar-refractivity contribution is 8.00. The second kappa shape index (κ2) is 7.03. The summed E-state index contributed by atoms with van der Waals surface area (Å²) in [6.07, 6.45) is 0. The molecule has 3 rings (SSSR count). The molecule has 2 heterocycles. The smallest absolute Gasteiger partial charge is 0.238 e. The Morgan fingerprint density at radius 2 is 1.96 bits per heavy atom. The molecule has 2 aromatic rings. The fraction of sp³-hybridized carbons (Fsp3) is 0.438. The van der Waals surface area contributed by atoms with Gasteiger partial charge in [-0.2, -0.15) is 0 Å². The number of aromatic nitrogens is 3. The predicted octanol–water partition coefficient (Wildman–Crippen LogP) is 2.87. The molecule has 0 aliphatic carbocycles. The number of fused-ring (bicyclic) bond motifs is 1. The second-order valence-electron chi connectivity index (χ2n) is 5.57. The first-order valence-electron chi connectivity index (χ1n) is 7.94. The summed E-state index contributed by atoms with van der Waals surface area (Å²) in [5.74, 6) is 0.870. The number of hydrogen-bond donors (Lipinski definition) is 1. The van der Waals surface area contributed by atoms with Crippen LogP contribution in [0.25, 0.3) is 0 Å². The number of carbonyl (C=O) groups excluding carboxylic acids is 1. The Hall–Kier alpha value is -1.73. The lowest BCUT2D eigenvalue weighted by molar-refractivity contribution is -0.130. The average molecular weight is 366 g/mol. The molecule has 1 aliphatic heterocycles. The molecule has 128 valence electrons. The third-order valence-corrected chi connectivity index (χ3v) is 5.60. The van der Waals surface area contributed by atoms with Crippen LogP contribution < -0.4 is 5.43 Å². The number of carbonyl (C=O) groups is 1. The van der Waals surface area contributed by atoms with Crippen molar-refractivity contribution in [1.82, 2.24) is 19.8 Å². The van der Waals surface area contributed by atoms with Crippen LogP contribution in [-0.4, -0.2) is 44.0 Å². The zero-order chi connectivity index (χ0) is 17.3. The van der Waals surface area contributed by atoms with Gasteiger partial charge in [0.05, 0.1) is 6.04 Å². The van der Waals surface area contributed by atoms with Crippen molar-refractivity contribution in [3.63, 3.8) is 0 Å². The van der Waals surface area contributed by atoms with Gasteiger partial charge in [0.15, 0.2) is 0 Å². The van der Waals surface area contributed by atoms with Gasteiger partial charge in [-0.05, 0) is 38.5 Å². The minimum absolute atomic E-state index is 0.101. The summed E-state index contributed by atoms with van der Waals surface area (Å²) in [5.41, 5.74) is 4.41. The largest absolute Gasteiger partial charge is 0.342 e. The topological polar surface area (TPSA) is 63.1 Å². The first-order valence-corrected chi connectivity index (χ1v) is 9.20. The Labute approximate surface area is 150 Å². The summed E-state index contributed by atoms with van der Waals surface area (Å²) in [5, 5.41) is 9.35. The van der Waals surface area contributed by atoms with E-state index in [4.69, 9.17) is 11.6 Å². The van der Waals surface area contributed by atoms with E-state index >= 15 is 0 Å². The van der Waals surface area contributed by atoms with Gasteiger partial charge in [-0.1, -0.05) is 35.5 Å². The number of aryl methyl sites for hydroxylation is 1. The van der Waals surface area contributed by atoms with Gasteiger partial charge in [-0.25, -0.2) is 4.68 Å². The van der Waals surface area contributed by atoms with Crippen molar-refractivity contribution in [3.8, 4) is 0 Å². The van der Waals surface area contributed by atoms with E-state index in [9.17, 15) is 4.79 Å². The zero-order valence-electron chi connectivity index (χ0n) is 13.9. The van der Waals surface area contributed by atoms with Crippen LogP contribution in [0.2, 0.25) is 5.02 Å². The van der Waals surface area contributed by atoms with Crippen LogP contribution in [0.5, 0.6) is 0 Å². The van der Waals surface area contributed by atoms with Crippen molar-refractivity contribution >= 4 is 29.3 Å². The minimum atomic E-state index is -0.304. The molecule has 6 nitrogen and oxygen atoms in total. The lowest BCUT2D eigenvalue weighted by Gasteiger charge is -2.35. The second-order valence-corrected chi connectivity index (χ2v) is 7.12. The Morgan fingerprint density at radius 3 is 2.58 bits per heavy atom. The van der Waals surface area contributed by atoms with E-state index in [1.165, 1.54) is 11.8 Å². The number of nitrogens with one attached hydrogen (secondary N) is 1. The van der Waals surface area contributed by atoms with Crippen LogP contribution in [-0.2, 0) is 4.79 Å². The fourth-order valence-corrected chi connectivity index (χ4v) is 4.12. The molecule has 0 spiro atoms. The maximum absolute atomic E-state index is 13.0. The highest BCUT2D eigenvalue weighted by Crippen LogP contribution is 2.38. The monoisotopic (exact) mass is 365 g/mol. The predicted molar refractivity (Wildman–Crippen MR) is 95.9 cm³/mol. The number of halogens is 1. The molecule has 1 aromatic heterocycles.